The van der Waals surface area contributed by atoms with Crippen molar-refractivity contribution in [3.05, 3.63) is 34.4 Å². The van der Waals surface area contributed by atoms with Crippen LogP contribution in [-0.4, -0.2) is 14.6 Å². The molecule has 2 aromatic rings. The summed E-state index contributed by atoms with van der Waals surface area (Å²) in [6, 6.07) is 4.02. The van der Waals surface area contributed by atoms with Gasteiger partial charge in [0.2, 0.25) is 0 Å². The maximum Gasteiger partial charge on any atom is 0.347 e. The zero-order valence-corrected chi connectivity index (χ0v) is 7.73. The lowest BCUT2D eigenvalue weighted by Crippen LogP contribution is -2.11. The van der Waals surface area contributed by atoms with Crippen LogP contribution >= 0.6 is 0 Å². The SMILES string of the molecule is O=c1[nH]nc2cc(C3CCC3)ccn12. The molecule has 1 aliphatic carbocycles. The van der Waals surface area contributed by atoms with Crippen molar-refractivity contribution < 1.29 is 0 Å². The average Bonchev–Trinajstić information content (AvgIpc) is 2.45. The monoisotopic (exact) mass is 189 g/mol. The molecule has 0 amide bonds. The number of aromatic amines is 1. The van der Waals surface area contributed by atoms with Crippen LogP contribution in [-0.2, 0) is 0 Å². The third-order valence-corrected chi connectivity index (χ3v) is 3.02. The minimum absolute atomic E-state index is 0.167. The molecule has 0 saturated heterocycles. The first-order chi connectivity index (χ1) is 6.84. The predicted octanol–water partition coefficient (Wildman–Crippen LogP) is 1.29. The molecule has 1 saturated carbocycles. The van der Waals surface area contributed by atoms with Gasteiger partial charge in [-0.1, -0.05) is 6.42 Å². The van der Waals surface area contributed by atoms with E-state index in [0.717, 1.165) is 5.65 Å². The van der Waals surface area contributed by atoms with E-state index in [-0.39, 0.29) is 5.69 Å². The lowest BCUT2D eigenvalue weighted by atomic mass is 9.80. The van der Waals surface area contributed by atoms with Crippen molar-refractivity contribution in [3.8, 4) is 0 Å². The van der Waals surface area contributed by atoms with E-state index in [1.165, 1.54) is 29.2 Å². The van der Waals surface area contributed by atoms with Gasteiger partial charge >= 0.3 is 5.69 Å². The van der Waals surface area contributed by atoms with Crippen LogP contribution in [0.25, 0.3) is 5.65 Å². The number of H-pyrrole nitrogens is 1. The van der Waals surface area contributed by atoms with Crippen LogP contribution in [0.3, 0.4) is 0 Å². The van der Waals surface area contributed by atoms with Gasteiger partial charge in [0.1, 0.15) is 0 Å². The van der Waals surface area contributed by atoms with Crippen LogP contribution in [0.5, 0.6) is 0 Å². The first-order valence-electron chi connectivity index (χ1n) is 4.91. The summed E-state index contributed by atoms with van der Waals surface area (Å²) in [5.41, 5.74) is 1.86. The molecule has 4 heteroatoms. The summed E-state index contributed by atoms with van der Waals surface area (Å²) in [6.45, 7) is 0. The molecule has 0 radical (unpaired) electrons. The van der Waals surface area contributed by atoms with Crippen molar-refractivity contribution in [2.75, 3.05) is 0 Å². The molecule has 2 aromatic heterocycles. The molecular weight excluding hydrogens is 178 g/mol. The third-order valence-electron chi connectivity index (χ3n) is 3.02. The van der Waals surface area contributed by atoms with Crippen LogP contribution in [0.1, 0.15) is 30.7 Å². The van der Waals surface area contributed by atoms with Crippen LogP contribution in [0.15, 0.2) is 23.1 Å². The number of nitrogens with zero attached hydrogens (tertiary/aromatic N) is 2. The van der Waals surface area contributed by atoms with E-state index in [0.29, 0.717) is 5.92 Å². The zero-order chi connectivity index (χ0) is 9.54. The summed E-state index contributed by atoms with van der Waals surface area (Å²) in [5, 5.41) is 6.38. The molecule has 1 aliphatic rings. The molecule has 0 unspecified atom stereocenters. The Hall–Kier alpha value is -1.58. The Balaban J connectivity index is 2.15. The molecule has 1 fully saturated rings. The summed E-state index contributed by atoms with van der Waals surface area (Å²) < 4.78 is 1.53. The molecule has 3 rings (SSSR count). The maximum atomic E-state index is 11.2. The number of fused-ring (bicyclic) bond motifs is 1. The van der Waals surface area contributed by atoms with Gasteiger partial charge in [0.25, 0.3) is 0 Å². The average molecular weight is 189 g/mol. The van der Waals surface area contributed by atoms with E-state index in [2.05, 4.69) is 10.2 Å². The Bertz CT molecular complexity index is 521. The lowest BCUT2D eigenvalue weighted by Gasteiger charge is -2.25. The molecule has 0 bridgehead atoms. The van der Waals surface area contributed by atoms with Gasteiger partial charge in [-0.3, -0.25) is 4.40 Å². The number of pyridine rings is 1. The Morgan fingerprint density at radius 3 is 3.07 bits per heavy atom. The second kappa shape index (κ2) is 2.70. The van der Waals surface area contributed by atoms with E-state index in [9.17, 15) is 4.79 Å². The fourth-order valence-corrected chi connectivity index (χ4v) is 1.92. The fraction of sp³-hybridized carbons (Fsp3) is 0.400. The summed E-state index contributed by atoms with van der Waals surface area (Å²) in [4.78, 5) is 11.2. The number of hydrogen-bond acceptors (Lipinski definition) is 2. The highest BCUT2D eigenvalue weighted by Crippen LogP contribution is 2.36. The molecule has 14 heavy (non-hydrogen) atoms. The van der Waals surface area contributed by atoms with Crippen molar-refractivity contribution in [2.45, 2.75) is 25.2 Å². The van der Waals surface area contributed by atoms with Gasteiger partial charge in [-0.05, 0) is 36.5 Å². The molecule has 0 aliphatic heterocycles. The van der Waals surface area contributed by atoms with Gasteiger partial charge in [0.15, 0.2) is 5.65 Å². The highest BCUT2D eigenvalue weighted by atomic mass is 16.1. The van der Waals surface area contributed by atoms with E-state index >= 15 is 0 Å². The van der Waals surface area contributed by atoms with Crippen molar-refractivity contribution in [2.24, 2.45) is 0 Å². The highest BCUT2D eigenvalue weighted by molar-refractivity contribution is 5.41. The Labute approximate surface area is 80.6 Å². The molecule has 1 N–H and O–H groups in total. The molecule has 0 atom stereocenters. The maximum absolute atomic E-state index is 11.2. The van der Waals surface area contributed by atoms with Crippen LogP contribution in [0.4, 0.5) is 0 Å². The van der Waals surface area contributed by atoms with Gasteiger partial charge in [-0.15, -0.1) is 0 Å². The Morgan fingerprint density at radius 2 is 2.36 bits per heavy atom. The van der Waals surface area contributed by atoms with E-state index in [4.69, 9.17) is 0 Å². The summed E-state index contributed by atoms with van der Waals surface area (Å²) in [6.07, 6.45) is 5.66. The van der Waals surface area contributed by atoms with Gasteiger partial charge in [0.05, 0.1) is 0 Å². The second-order valence-corrected chi connectivity index (χ2v) is 3.84. The van der Waals surface area contributed by atoms with Crippen molar-refractivity contribution in [1.29, 1.82) is 0 Å². The quantitative estimate of drug-likeness (QED) is 0.734. The number of rotatable bonds is 1. The van der Waals surface area contributed by atoms with Crippen LogP contribution in [0, 0.1) is 0 Å². The van der Waals surface area contributed by atoms with Crippen molar-refractivity contribution >= 4 is 5.65 Å². The van der Waals surface area contributed by atoms with Gasteiger partial charge < -0.3 is 0 Å². The van der Waals surface area contributed by atoms with Crippen molar-refractivity contribution in [1.82, 2.24) is 14.6 Å². The third kappa shape index (κ3) is 0.999. The van der Waals surface area contributed by atoms with Gasteiger partial charge in [-0.25, -0.2) is 9.89 Å². The Kier molecular flexibility index (Phi) is 1.50. The van der Waals surface area contributed by atoms with Crippen molar-refractivity contribution in [3.63, 3.8) is 0 Å². The number of aromatic nitrogens is 3. The summed E-state index contributed by atoms with van der Waals surface area (Å²) in [5.74, 6) is 0.687. The highest BCUT2D eigenvalue weighted by Gasteiger charge is 2.19. The fourth-order valence-electron chi connectivity index (χ4n) is 1.92. The van der Waals surface area contributed by atoms with Gasteiger partial charge in [-0.2, -0.15) is 5.10 Å². The second-order valence-electron chi connectivity index (χ2n) is 3.84. The van der Waals surface area contributed by atoms with E-state index < -0.39 is 0 Å². The topological polar surface area (TPSA) is 50.2 Å². The minimum Gasteiger partial charge on any atom is -0.250 e. The first-order valence-corrected chi connectivity index (χ1v) is 4.91. The molecule has 72 valence electrons. The first kappa shape index (κ1) is 7.79. The predicted molar refractivity (Wildman–Crippen MR) is 52.4 cm³/mol. The summed E-state index contributed by atoms with van der Waals surface area (Å²) >= 11 is 0. The molecule has 0 spiro atoms. The molecule has 4 nitrogen and oxygen atoms in total. The van der Waals surface area contributed by atoms with E-state index in [1.54, 1.807) is 6.20 Å². The zero-order valence-electron chi connectivity index (χ0n) is 7.73. The standard InChI is InChI=1S/C10H11N3O/c14-10-12-11-9-6-8(4-5-13(9)10)7-2-1-3-7/h4-7H,1-3H2,(H,12,14). The molecule has 2 heterocycles. The Morgan fingerprint density at radius 1 is 1.50 bits per heavy atom. The summed E-state index contributed by atoms with van der Waals surface area (Å²) in [7, 11) is 0. The lowest BCUT2D eigenvalue weighted by molar-refractivity contribution is 0.419. The number of hydrogen-bond donors (Lipinski definition) is 1. The van der Waals surface area contributed by atoms with Crippen LogP contribution in [0.2, 0.25) is 0 Å². The minimum atomic E-state index is -0.167. The number of nitrogens with one attached hydrogen (secondary N) is 1. The molecular formula is C10H11N3O. The van der Waals surface area contributed by atoms with Crippen LogP contribution < -0.4 is 5.69 Å². The largest absolute Gasteiger partial charge is 0.347 e. The van der Waals surface area contributed by atoms with E-state index in [1.807, 2.05) is 12.1 Å². The molecule has 0 aromatic carbocycles. The van der Waals surface area contributed by atoms with Gasteiger partial charge in [0, 0.05) is 6.20 Å². The normalized spacial score (nSPS) is 17.1. The smallest absolute Gasteiger partial charge is 0.250 e.